The van der Waals surface area contributed by atoms with Crippen molar-refractivity contribution in [3.05, 3.63) is 54.5 Å². The van der Waals surface area contributed by atoms with Gasteiger partial charge < -0.3 is 30.3 Å². The first-order valence-electron chi connectivity index (χ1n) is 13.3. The van der Waals surface area contributed by atoms with E-state index in [0.717, 1.165) is 68.1 Å². The molecule has 1 aromatic carbocycles. The molecule has 5 rings (SSSR count). The molecular weight excluding hydrogens is 482 g/mol. The number of pyridine rings is 1. The number of primary amides is 1. The van der Waals surface area contributed by atoms with E-state index in [-0.39, 0.29) is 11.8 Å². The third kappa shape index (κ3) is 5.70. The molecule has 3 aromatic rings. The molecule has 2 aliphatic rings. The zero-order valence-corrected chi connectivity index (χ0v) is 22.2. The summed E-state index contributed by atoms with van der Waals surface area (Å²) in [5.74, 6) is 1.82. The van der Waals surface area contributed by atoms with Gasteiger partial charge in [0.2, 0.25) is 5.91 Å². The van der Waals surface area contributed by atoms with Gasteiger partial charge in [-0.25, -0.2) is 4.98 Å². The van der Waals surface area contributed by atoms with Crippen LogP contribution < -0.4 is 30.3 Å². The van der Waals surface area contributed by atoms with Gasteiger partial charge in [0.1, 0.15) is 5.82 Å². The molecule has 0 spiro atoms. The van der Waals surface area contributed by atoms with Gasteiger partial charge in [-0.05, 0) is 62.5 Å². The molecule has 0 saturated carbocycles. The number of hydrogen-bond acceptors (Lipinski definition) is 8. The number of nitrogens with zero attached hydrogens (tertiary/aromatic N) is 5. The molecule has 2 aliphatic heterocycles. The number of piperidine rings is 2. The Hall–Kier alpha value is -3.79. The van der Waals surface area contributed by atoms with Crippen LogP contribution in [-0.2, 0) is 11.3 Å². The number of carbonyl (C=O) groups excluding carboxylic acids is 1. The van der Waals surface area contributed by atoms with Crippen LogP contribution in [0.1, 0.15) is 37.3 Å². The highest BCUT2D eigenvalue weighted by molar-refractivity contribution is 5.77. The van der Waals surface area contributed by atoms with E-state index >= 15 is 0 Å². The summed E-state index contributed by atoms with van der Waals surface area (Å²) in [6.45, 7) is 4.08. The quantitative estimate of drug-likeness (QED) is 0.443. The second-order valence-corrected chi connectivity index (χ2v) is 9.99. The molecule has 4 heterocycles. The molecule has 2 aromatic heterocycles. The van der Waals surface area contributed by atoms with Gasteiger partial charge in [-0.3, -0.25) is 9.48 Å². The maximum atomic E-state index is 11.9. The standard InChI is InChI=1S/C28H37N7O3/c1-37-25-6-5-20(14-26(25)38-2)17-34(24-16-32-35(19-24)22-7-10-30-11-8-22)27-15-23(9-12-31-27)33-13-3-4-21(18-33)28(29)36/h5-6,9,12,14-16,19,21-22,30H,3-4,7-8,10-11,13,17-18H2,1-2H3,(H2,29,36). The van der Waals surface area contributed by atoms with Crippen molar-refractivity contribution in [3.8, 4) is 11.5 Å². The number of rotatable bonds is 9. The molecular formula is C28H37N7O3. The summed E-state index contributed by atoms with van der Waals surface area (Å²) in [5, 5.41) is 8.17. The highest BCUT2D eigenvalue weighted by Gasteiger charge is 2.25. The molecule has 0 radical (unpaired) electrons. The Kier molecular flexibility index (Phi) is 7.97. The molecule has 38 heavy (non-hydrogen) atoms. The van der Waals surface area contributed by atoms with Crippen molar-refractivity contribution in [2.24, 2.45) is 11.7 Å². The summed E-state index contributed by atoms with van der Waals surface area (Å²) in [4.78, 5) is 21.0. The van der Waals surface area contributed by atoms with Crippen molar-refractivity contribution in [2.75, 3.05) is 50.2 Å². The van der Waals surface area contributed by atoms with Crippen molar-refractivity contribution in [2.45, 2.75) is 38.3 Å². The Morgan fingerprint density at radius 2 is 1.95 bits per heavy atom. The van der Waals surface area contributed by atoms with E-state index in [9.17, 15) is 4.79 Å². The van der Waals surface area contributed by atoms with Gasteiger partial charge in [0, 0.05) is 43.8 Å². The van der Waals surface area contributed by atoms with Crippen LogP contribution in [-0.4, -0.2) is 61.1 Å². The summed E-state index contributed by atoms with van der Waals surface area (Å²) >= 11 is 0. The van der Waals surface area contributed by atoms with Crippen LogP contribution in [0.5, 0.6) is 11.5 Å². The lowest BCUT2D eigenvalue weighted by Crippen LogP contribution is -2.41. The fraction of sp³-hybridized carbons (Fsp3) is 0.464. The summed E-state index contributed by atoms with van der Waals surface area (Å²) in [7, 11) is 3.28. The van der Waals surface area contributed by atoms with Gasteiger partial charge in [0.15, 0.2) is 11.5 Å². The minimum atomic E-state index is -0.232. The zero-order valence-electron chi connectivity index (χ0n) is 22.2. The number of nitrogens with one attached hydrogen (secondary N) is 1. The van der Waals surface area contributed by atoms with Crippen LogP contribution >= 0.6 is 0 Å². The molecule has 2 saturated heterocycles. The maximum Gasteiger partial charge on any atom is 0.222 e. The largest absolute Gasteiger partial charge is 0.493 e. The van der Waals surface area contributed by atoms with E-state index in [1.54, 1.807) is 14.2 Å². The van der Waals surface area contributed by atoms with Crippen LogP contribution in [0.4, 0.5) is 17.2 Å². The number of amides is 1. The topological polar surface area (TPSA) is 111 Å². The third-order valence-corrected chi connectivity index (χ3v) is 7.57. The van der Waals surface area contributed by atoms with Crippen LogP contribution in [0.15, 0.2) is 48.9 Å². The average Bonchev–Trinajstić information content (AvgIpc) is 3.46. The molecule has 2 fully saturated rings. The molecule has 0 aliphatic carbocycles. The lowest BCUT2D eigenvalue weighted by molar-refractivity contribution is -0.122. The summed E-state index contributed by atoms with van der Waals surface area (Å²) in [6, 6.07) is 10.4. The molecule has 10 nitrogen and oxygen atoms in total. The first-order chi connectivity index (χ1) is 18.6. The van der Waals surface area contributed by atoms with Gasteiger partial charge in [-0.2, -0.15) is 5.10 Å². The normalized spacial score (nSPS) is 18.3. The smallest absolute Gasteiger partial charge is 0.222 e. The van der Waals surface area contributed by atoms with Gasteiger partial charge in [0.25, 0.3) is 0 Å². The summed E-state index contributed by atoms with van der Waals surface area (Å²) < 4.78 is 13.1. The van der Waals surface area contributed by atoms with E-state index in [0.29, 0.717) is 30.6 Å². The van der Waals surface area contributed by atoms with Crippen molar-refractivity contribution < 1.29 is 14.3 Å². The van der Waals surface area contributed by atoms with Gasteiger partial charge in [-0.15, -0.1) is 0 Å². The Balaban J connectivity index is 1.47. The van der Waals surface area contributed by atoms with E-state index in [1.165, 1.54) is 0 Å². The zero-order chi connectivity index (χ0) is 26.5. The molecule has 1 unspecified atom stereocenters. The number of aromatic nitrogens is 3. The molecule has 3 N–H and O–H groups in total. The number of methoxy groups -OCH3 is 2. The second-order valence-electron chi connectivity index (χ2n) is 9.99. The predicted octanol–water partition coefficient (Wildman–Crippen LogP) is 3.26. The first kappa shape index (κ1) is 25.8. The fourth-order valence-corrected chi connectivity index (χ4v) is 5.40. The van der Waals surface area contributed by atoms with Crippen molar-refractivity contribution in [1.82, 2.24) is 20.1 Å². The first-order valence-corrected chi connectivity index (χ1v) is 13.3. The SMILES string of the molecule is COc1ccc(CN(c2cnn(C3CCNCC3)c2)c2cc(N3CCCC(C(N)=O)C3)ccn2)cc1OC. The van der Waals surface area contributed by atoms with Crippen LogP contribution in [0.25, 0.3) is 0 Å². The lowest BCUT2D eigenvalue weighted by atomic mass is 9.97. The Morgan fingerprint density at radius 1 is 1.13 bits per heavy atom. The molecule has 202 valence electrons. The summed E-state index contributed by atoms with van der Waals surface area (Å²) in [6.07, 6.45) is 9.75. The highest BCUT2D eigenvalue weighted by atomic mass is 16.5. The number of ether oxygens (including phenoxy) is 2. The highest BCUT2D eigenvalue weighted by Crippen LogP contribution is 2.34. The van der Waals surface area contributed by atoms with E-state index in [1.807, 2.05) is 36.7 Å². The number of nitrogens with two attached hydrogens (primary N) is 1. The van der Waals surface area contributed by atoms with Crippen molar-refractivity contribution in [3.63, 3.8) is 0 Å². The molecule has 0 bridgehead atoms. The third-order valence-electron chi connectivity index (χ3n) is 7.57. The second kappa shape index (κ2) is 11.7. The van der Waals surface area contributed by atoms with Crippen LogP contribution in [0.3, 0.4) is 0 Å². The molecule has 10 heteroatoms. The number of hydrogen-bond donors (Lipinski definition) is 2. The van der Waals surface area contributed by atoms with Crippen LogP contribution in [0, 0.1) is 5.92 Å². The Bertz CT molecular complexity index is 1240. The average molecular weight is 520 g/mol. The van der Waals surface area contributed by atoms with E-state index in [4.69, 9.17) is 25.3 Å². The molecule has 1 amide bonds. The minimum Gasteiger partial charge on any atom is -0.493 e. The van der Waals surface area contributed by atoms with Gasteiger partial charge >= 0.3 is 0 Å². The Labute approximate surface area is 223 Å². The van der Waals surface area contributed by atoms with Gasteiger partial charge in [0.05, 0.1) is 38.1 Å². The van der Waals surface area contributed by atoms with E-state index in [2.05, 4.69) is 32.1 Å². The lowest BCUT2D eigenvalue weighted by Gasteiger charge is -2.33. The fourth-order valence-electron chi connectivity index (χ4n) is 5.40. The van der Waals surface area contributed by atoms with Crippen LogP contribution in [0.2, 0.25) is 0 Å². The minimum absolute atomic E-state index is 0.133. The Morgan fingerprint density at radius 3 is 2.71 bits per heavy atom. The summed E-state index contributed by atoms with van der Waals surface area (Å²) in [5.41, 5.74) is 8.69. The number of carbonyl (C=O) groups is 1. The molecule has 1 atom stereocenters. The monoisotopic (exact) mass is 519 g/mol. The van der Waals surface area contributed by atoms with Gasteiger partial charge in [-0.1, -0.05) is 6.07 Å². The van der Waals surface area contributed by atoms with Crippen molar-refractivity contribution in [1.29, 1.82) is 0 Å². The maximum absolute atomic E-state index is 11.9. The van der Waals surface area contributed by atoms with E-state index < -0.39 is 0 Å². The van der Waals surface area contributed by atoms with Crippen molar-refractivity contribution >= 4 is 23.1 Å². The number of anilines is 3. The number of benzene rings is 1. The predicted molar refractivity (Wildman–Crippen MR) is 147 cm³/mol.